The van der Waals surface area contributed by atoms with Crippen LogP contribution in [0.2, 0.25) is 0 Å². The average Bonchev–Trinajstić information content (AvgIpc) is 3.26. The van der Waals surface area contributed by atoms with E-state index < -0.39 is 0 Å². The van der Waals surface area contributed by atoms with E-state index in [9.17, 15) is 4.79 Å². The van der Waals surface area contributed by atoms with Gasteiger partial charge >= 0.3 is 0 Å². The number of H-pyrrole nitrogens is 1. The predicted octanol–water partition coefficient (Wildman–Crippen LogP) is 3.08. The number of nitrogens with two attached hydrogens (primary N) is 1. The lowest BCUT2D eigenvalue weighted by atomic mass is 10.2. The minimum Gasteiger partial charge on any atom is -0.368 e. The van der Waals surface area contributed by atoms with E-state index >= 15 is 0 Å². The highest BCUT2D eigenvalue weighted by atomic mass is 32.2. The molecule has 0 spiro atoms. The number of hydrogen-bond donors (Lipinski definition) is 2. The molecule has 0 saturated heterocycles. The van der Waals surface area contributed by atoms with E-state index in [4.69, 9.17) is 5.73 Å². The number of thiophene rings is 1. The van der Waals surface area contributed by atoms with E-state index in [1.807, 2.05) is 19.9 Å². The summed E-state index contributed by atoms with van der Waals surface area (Å²) in [6, 6.07) is 6.18. The normalized spacial score (nSPS) is 11.1. The molecule has 0 fully saturated rings. The Labute approximate surface area is 148 Å². The maximum Gasteiger partial charge on any atom is 0.216 e. The third kappa shape index (κ3) is 3.70. The molecule has 0 atom stereocenters. The molecule has 0 bridgehead atoms. The fraction of sp³-hybridized carbons (Fsp3) is 0.312. The van der Waals surface area contributed by atoms with Crippen molar-refractivity contribution in [1.82, 2.24) is 19.7 Å². The Bertz CT molecular complexity index is 835. The van der Waals surface area contributed by atoms with Crippen molar-refractivity contribution in [2.45, 2.75) is 32.0 Å². The van der Waals surface area contributed by atoms with Gasteiger partial charge in [-0.25, -0.2) is 5.10 Å². The molecule has 0 aromatic carbocycles. The first-order valence-electron chi connectivity index (χ1n) is 7.57. The molecular formula is C16H19N5OS2. The lowest BCUT2D eigenvalue weighted by Gasteiger charge is -2.09. The molecular weight excluding hydrogens is 342 g/mol. The first kappa shape index (κ1) is 16.8. The Morgan fingerprint density at radius 3 is 2.96 bits per heavy atom. The van der Waals surface area contributed by atoms with E-state index in [-0.39, 0.29) is 11.7 Å². The molecule has 0 aliphatic heterocycles. The summed E-state index contributed by atoms with van der Waals surface area (Å²) in [5.74, 6) is 0.641. The van der Waals surface area contributed by atoms with Gasteiger partial charge in [0, 0.05) is 28.4 Å². The standard InChI is InChI=1S/C16H19N5OS2/c1-10-8-13(14(22)9-24-16-18-15(17)19-20-16)11(2)21(10)6-5-12-4-3-7-23-12/h3-4,7-8H,5-6,9H2,1-2H3,(H3,17,18,19,20). The summed E-state index contributed by atoms with van der Waals surface area (Å²) in [5, 5.41) is 9.08. The van der Waals surface area contributed by atoms with Crippen molar-refractivity contribution in [3.63, 3.8) is 0 Å². The molecule has 6 nitrogen and oxygen atoms in total. The molecule has 3 N–H and O–H groups in total. The molecule has 3 heterocycles. The van der Waals surface area contributed by atoms with Crippen LogP contribution in [0.15, 0.2) is 28.7 Å². The summed E-state index contributed by atoms with van der Waals surface area (Å²) in [7, 11) is 0. The molecule has 0 saturated carbocycles. The van der Waals surface area contributed by atoms with E-state index in [0.717, 1.165) is 29.9 Å². The largest absolute Gasteiger partial charge is 0.368 e. The Kier molecular flexibility index (Phi) is 5.06. The van der Waals surface area contributed by atoms with E-state index in [2.05, 4.69) is 37.3 Å². The van der Waals surface area contributed by atoms with Crippen LogP contribution in [0, 0.1) is 13.8 Å². The fourth-order valence-electron chi connectivity index (χ4n) is 2.63. The van der Waals surface area contributed by atoms with Crippen molar-refractivity contribution >= 4 is 34.8 Å². The molecule has 24 heavy (non-hydrogen) atoms. The second kappa shape index (κ2) is 7.23. The topological polar surface area (TPSA) is 89.6 Å². The molecule has 126 valence electrons. The second-order valence-electron chi connectivity index (χ2n) is 5.48. The Hall–Kier alpha value is -2.06. The van der Waals surface area contributed by atoms with Gasteiger partial charge in [0.1, 0.15) is 0 Å². The summed E-state index contributed by atoms with van der Waals surface area (Å²) in [5.41, 5.74) is 8.39. The van der Waals surface area contributed by atoms with Crippen LogP contribution in [-0.2, 0) is 13.0 Å². The van der Waals surface area contributed by atoms with E-state index in [1.54, 1.807) is 11.3 Å². The first-order chi connectivity index (χ1) is 11.5. The number of anilines is 1. The number of nitrogen functional groups attached to an aromatic ring is 1. The van der Waals surface area contributed by atoms with Gasteiger partial charge in [0.2, 0.25) is 11.1 Å². The Morgan fingerprint density at radius 1 is 1.46 bits per heavy atom. The van der Waals surface area contributed by atoms with Crippen LogP contribution in [0.1, 0.15) is 26.6 Å². The molecule has 8 heteroatoms. The number of rotatable bonds is 7. The minimum atomic E-state index is 0.0823. The zero-order valence-electron chi connectivity index (χ0n) is 13.6. The molecule has 0 radical (unpaired) electrons. The van der Waals surface area contributed by atoms with Gasteiger partial charge in [-0.1, -0.05) is 17.8 Å². The number of thioether (sulfide) groups is 1. The fourth-order valence-corrected chi connectivity index (χ4v) is 4.02. The van der Waals surface area contributed by atoms with Gasteiger partial charge in [0.25, 0.3) is 0 Å². The van der Waals surface area contributed by atoms with Gasteiger partial charge in [-0.3, -0.25) is 4.79 Å². The summed E-state index contributed by atoms with van der Waals surface area (Å²) in [4.78, 5) is 17.9. The maximum atomic E-state index is 12.5. The number of carbonyl (C=O) groups is 1. The van der Waals surface area contributed by atoms with E-state index in [0.29, 0.717) is 10.9 Å². The van der Waals surface area contributed by atoms with Gasteiger partial charge in [0.05, 0.1) is 5.75 Å². The number of carbonyl (C=O) groups excluding carboxylic acids is 1. The quantitative estimate of drug-likeness (QED) is 0.498. The van der Waals surface area contributed by atoms with Crippen molar-refractivity contribution in [3.05, 3.63) is 45.4 Å². The minimum absolute atomic E-state index is 0.0823. The molecule has 3 rings (SSSR count). The van der Waals surface area contributed by atoms with Crippen molar-refractivity contribution < 1.29 is 4.79 Å². The van der Waals surface area contributed by atoms with Gasteiger partial charge in [0.15, 0.2) is 5.78 Å². The van der Waals surface area contributed by atoms with Gasteiger partial charge < -0.3 is 10.3 Å². The monoisotopic (exact) mass is 361 g/mol. The number of ketones is 1. The number of hydrogen-bond acceptors (Lipinski definition) is 6. The van der Waals surface area contributed by atoms with Crippen LogP contribution >= 0.6 is 23.1 Å². The third-order valence-corrected chi connectivity index (χ3v) is 5.63. The molecule has 0 aliphatic carbocycles. The Morgan fingerprint density at radius 2 is 2.29 bits per heavy atom. The van der Waals surface area contributed by atoms with Crippen molar-refractivity contribution in [3.8, 4) is 0 Å². The van der Waals surface area contributed by atoms with Crippen LogP contribution in [-0.4, -0.2) is 31.3 Å². The van der Waals surface area contributed by atoms with Crippen molar-refractivity contribution in [2.75, 3.05) is 11.5 Å². The van der Waals surface area contributed by atoms with Crippen molar-refractivity contribution in [2.24, 2.45) is 0 Å². The van der Waals surface area contributed by atoms with E-state index in [1.165, 1.54) is 16.6 Å². The lowest BCUT2D eigenvalue weighted by molar-refractivity contribution is 0.102. The molecule has 0 aliphatic rings. The zero-order valence-corrected chi connectivity index (χ0v) is 15.2. The summed E-state index contributed by atoms with van der Waals surface area (Å²) < 4.78 is 2.21. The molecule has 0 amide bonds. The van der Waals surface area contributed by atoms with Gasteiger partial charge in [-0.2, -0.15) is 4.98 Å². The summed E-state index contributed by atoms with van der Waals surface area (Å²) >= 11 is 3.05. The molecule has 0 unspecified atom stereocenters. The molecule has 3 aromatic heterocycles. The summed E-state index contributed by atoms with van der Waals surface area (Å²) in [6.07, 6.45) is 0.979. The molecule has 3 aromatic rings. The van der Waals surface area contributed by atoms with Gasteiger partial charge in [-0.15, -0.1) is 16.4 Å². The van der Waals surface area contributed by atoms with Crippen LogP contribution in [0.3, 0.4) is 0 Å². The second-order valence-corrected chi connectivity index (χ2v) is 7.46. The number of aryl methyl sites for hydroxylation is 2. The highest BCUT2D eigenvalue weighted by Gasteiger charge is 2.16. The van der Waals surface area contributed by atoms with Crippen LogP contribution in [0.25, 0.3) is 0 Å². The van der Waals surface area contributed by atoms with Crippen LogP contribution in [0.5, 0.6) is 0 Å². The van der Waals surface area contributed by atoms with Gasteiger partial charge in [-0.05, 0) is 37.8 Å². The van der Waals surface area contributed by atoms with Crippen molar-refractivity contribution in [1.29, 1.82) is 0 Å². The third-order valence-electron chi connectivity index (χ3n) is 3.85. The highest BCUT2D eigenvalue weighted by Crippen LogP contribution is 2.21. The summed E-state index contributed by atoms with van der Waals surface area (Å²) in [6.45, 7) is 4.93. The lowest BCUT2D eigenvalue weighted by Crippen LogP contribution is -2.08. The van der Waals surface area contributed by atoms with Crippen LogP contribution in [0.4, 0.5) is 5.95 Å². The number of nitrogens with zero attached hydrogens (tertiary/aromatic N) is 3. The Balaban J connectivity index is 1.66. The first-order valence-corrected chi connectivity index (χ1v) is 9.44. The SMILES string of the molecule is Cc1cc(C(=O)CSc2n[nH]c(N)n2)c(C)n1CCc1cccs1. The zero-order chi connectivity index (χ0) is 17.1. The predicted molar refractivity (Wildman–Crippen MR) is 97.8 cm³/mol. The number of aromatic nitrogens is 4. The average molecular weight is 361 g/mol. The maximum absolute atomic E-state index is 12.5. The number of Topliss-reactive ketones (excluding diaryl/α,β-unsaturated/α-hetero) is 1. The van der Waals surface area contributed by atoms with Crippen LogP contribution < -0.4 is 5.73 Å². The highest BCUT2D eigenvalue weighted by molar-refractivity contribution is 7.99. The number of nitrogens with one attached hydrogen (secondary N) is 1. The smallest absolute Gasteiger partial charge is 0.216 e. The number of aromatic amines is 1.